The Morgan fingerprint density at radius 1 is 1.26 bits per heavy atom. The summed E-state index contributed by atoms with van der Waals surface area (Å²) < 4.78 is 15.7. The summed E-state index contributed by atoms with van der Waals surface area (Å²) in [6.45, 7) is 6.04. The van der Waals surface area contributed by atoms with Crippen molar-refractivity contribution in [2.75, 3.05) is 13.1 Å². The van der Waals surface area contributed by atoms with E-state index in [1.54, 1.807) is 10.7 Å². The number of rotatable bonds is 5. The van der Waals surface area contributed by atoms with Crippen molar-refractivity contribution in [2.24, 2.45) is 0 Å². The van der Waals surface area contributed by atoms with Crippen molar-refractivity contribution in [1.82, 2.24) is 34.3 Å². The maximum Gasteiger partial charge on any atom is 0.148 e. The van der Waals surface area contributed by atoms with E-state index in [1.165, 1.54) is 11.5 Å². The summed E-state index contributed by atoms with van der Waals surface area (Å²) in [7, 11) is 0. The number of benzene rings is 1. The normalized spacial score (nSPS) is 15.5. The number of aromatic nitrogens is 6. The highest BCUT2D eigenvalue weighted by Gasteiger charge is 2.23. The Morgan fingerprint density at radius 3 is 2.94 bits per heavy atom. The van der Waals surface area contributed by atoms with Crippen LogP contribution in [0.5, 0.6) is 5.75 Å². The molecule has 5 aromatic rings. The third-order valence-corrected chi connectivity index (χ3v) is 7.57. The maximum absolute atomic E-state index is 9.70. The van der Waals surface area contributed by atoms with Crippen molar-refractivity contribution < 1.29 is 4.74 Å². The summed E-state index contributed by atoms with van der Waals surface area (Å²) in [5.74, 6) is 0.585. The second-order valence-electron chi connectivity index (χ2n) is 8.86. The Kier molecular flexibility index (Phi) is 5.43. The van der Waals surface area contributed by atoms with E-state index < -0.39 is 0 Å². The molecule has 0 radical (unpaired) electrons. The van der Waals surface area contributed by atoms with Gasteiger partial charge in [0.2, 0.25) is 0 Å². The van der Waals surface area contributed by atoms with Gasteiger partial charge in [-0.2, -0.15) is 14.7 Å². The van der Waals surface area contributed by atoms with E-state index in [-0.39, 0.29) is 6.10 Å². The lowest BCUT2D eigenvalue weighted by molar-refractivity contribution is 0.231. The van der Waals surface area contributed by atoms with Crippen LogP contribution in [0.2, 0.25) is 0 Å². The number of hydrogen-bond acceptors (Lipinski definition) is 8. The van der Waals surface area contributed by atoms with E-state index in [2.05, 4.69) is 44.2 Å². The SMILES string of the molecule is Cc1c(-c2cc(OC(C)c3cccc4cnsc34)c3c(C#N)cnn3c2)nnn1C1CCNCC1. The van der Waals surface area contributed by atoms with E-state index in [1.807, 2.05) is 42.2 Å². The molecule has 9 nitrogen and oxygen atoms in total. The molecule has 1 atom stereocenters. The van der Waals surface area contributed by atoms with E-state index in [9.17, 15) is 5.26 Å². The van der Waals surface area contributed by atoms with E-state index in [0.717, 1.165) is 58.5 Å². The minimum absolute atomic E-state index is 0.258. The average molecular weight is 485 g/mol. The van der Waals surface area contributed by atoms with Crippen LogP contribution in [0.25, 0.3) is 26.9 Å². The van der Waals surface area contributed by atoms with Gasteiger partial charge in [0.25, 0.3) is 0 Å². The van der Waals surface area contributed by atoms with Gasteiger partial charge in [-0.1, -0.05) is 23.4 Å². The summed E-state index contributed by atoms with van der Waals surface area (Å²) in [5.41, 5.74) is 4.81. The van der Waals surface area contributed by atoms with Gasteiger partial charge >= 0.3 is 0 Å². The molecule has 0 aliphatic carbocycles. The topological polar surface area (TPSA) is 106 Å². The average Bonchev–Trinajstić information content (AvgIpc) is 3.62. The van der Waals surface area contributed by atoms with Gasteiger partial charge in [-0.15, -0.1) is 5.10 Å². The molecular formula is C25H24N8OS. The molecule has 176 valence electrons. The van der Waals surface area contributed by atoms with Gasteiger partial charge in [0, 0.05) is 28.9 Å². The lowest BCUT2D eigenvalue weighted by Crippen LogP contribution is -2.30. The van der Waals surface area contributed by atoms with Crippen molar-refractivity contribution in [3.8, 4) is 23.1 Å². The molecule has 1 aliphatic rings. The molecular weight excluding hydrogens is 460 g/mol. The molecule has 0 spiro atoms. The first-order valence-corrected chi connectivity index (χ1v) is 12.5. The highest BCUT2D eigenvalue weighted by atomic mass is 32.1. The van der Waals surface area contributed by atoms with Crippen LogP contribution in [-0.2, 0) is 0 Å². The van der Waals surface area contributed by atoms with Crippen LogP contribution in [-0.4, -0.2) is 42.1 Å². The van der Waals surface area contributed by atoms with Crippen molar-refractivity contribution in [3.63, 3.8) is 0 Å². The molecule has 5 heterocycles. The van der Waals surface area contributed by atoms with E-state index >= 15 is 0 Å². The Morgan fingerprint density at radius 2 is 2.11 bits per heavy atom. The Bertz CT molecular complexity index is 1570. The molecule has 1 saturated heterocycles. The molecule has 1 aromatic carbocycles. The summed E-state index contributed by atoms with van der Waals surface area (Å²) >= 11 is 1.46. The summed E-state index contributed by atoms with van der Waals surface area (Å²) in [4.78, 5) is 0. The van der Waals surface area contributed by atoms with Gasteiger partial charge < -0.3 is 10.1 Å². The van der Waals surface area contributed by atoms with Crippen LogP contribution < -0.4 is 10.1 Å². The monoisotopic (exact) mass is 484 g/mol. The molecule has 6 rings (SSSR count). The first-order chi connectivity index (χ1) is 17.1. The number of fused-ring (bicyclic) bond motifs is 2. The predicted molar refractivity (Wildman–Crippen MR) is 133 cm³/mol. The van der Waals surface area contributed by atoms with Crippen LogP contribution in [0.15, 0.2) is 42.9 Å². The van der Waals surface area contributed by atoms with Gasteiger partial charge in [0.15, 0.2) is 0 Å². The first kappa shape index (κ1) is 21.7. The number of nitrogens with one attached hydrogen (secondary N) is 1. The minimum atomic E-state index is -0.258. The van der Waals surface area contributed by atoms with Crippen LogP contribution in [0.4, 0.5) is 0 Å². The first-order valence-electron chi connectivity index (χ1n) is 11.7. The van der Waals surface area contributed by atoms with Crippen LogP contribution in [0.3, 0.4) is 0 Å². The molecule has 0 saturated carbocycles. The zero-order valence-corrected chi connectivity index (χ0v) is 20.3. The van der Waals surface area contributed by atoms with Crippen LogP contribution >= 0.6 is 11.5 Å². The lowest BCUT2D eigenvalue weighted by Gasteiger charge is -2.23. The maximum atomic E-state index is 9.70. The number of nitriles is 1. The van der Waals surface area contributed by atoms with Crippen LogP contribution in [0, 0.1) is 18.3 Å². The Labute approximate surface area is 206 Å². The predicted octanol–water partition coefficient (Wildman–Crippen LogP) is 4.45. The second kappa shape index (κ2) is 8.76. The van der Waals surface area contributed by atoms with Gasteiger partial charge in [-0.25, -0.2) is 9.20 Å². The Hall–Kier alpha value is -3.81. The molecule has 0 amide bonds. The summed E-state index contributed by atoms with van der Waals surface area (Å²) in [6.07, 6.45) is 7.13. The minimum Gasteiger partial charge on any atom is -0.484 e. The molecule has 1 unspecified atom stereocenters. The fourth-order valence-corrected chi connectivity index (χ4v) is 5.72. The fourth-order valence-electron chi connectivity index (χ4n) is 4.88. The largest absolute Gasteiger partial charge is 0.484 e. The third kappa shape index (κ3) is 3.73. The zero-order chi connectivity index (χ0) is 23.9. The molecule has 0 bridgehead atoms. The van der Waals surface area contributed by atoms with Crippen molar-refractivity contribution in [2.45, 2.75) is 38.8 Å². The van der Waals surface area contributed by atoms with Gasteiger partial charge in [0.1, 0.15) is 34.7 Å². The van der Waals surface area contributed by atoms with Gasteiger partial charge in [-0.3, -0.25) is 0 Å². The molecule has 1 N–H and O–H groups in total. The molecule has 1 fully saturated rings. The second-order valence-corrected chi connectivity index (χ2v) is 9.66. The fraction of sp³-hybridized carbons (Fsp3) is 0.320. The van der Waals surface area contributed by atoms with E-state index in [0.29, 0.717) is 22.9 Å². The standard InChI is InChI=1S/C25H24N8OS/c1-15-23(30-31-33(15)20-6-8-27-9-7-20)18-10-22(24-19(11-26)12-28-32(24)14-18)34-16(2)21-5-3-4-17-13-29-35-25(17)21/h3-5,10,12-14,16,20,27H,6-9H2,1-2H3. The Balaban J connectivity index is 1.43. The summed E-state index contributed by atoms with van der Waals surface area (Å²) in [5, 5.41) is 27.6. The number of nitrogens with zero attached hydrogens (tertiary/aromatic N) is 7. The zero-order valence-electron chi connectivity index (χ0n) is 19.5. The number of hydrogen-bond donors (Lipinski definition) is 1. The quantitative estimate of drug-likeness (QED) is 0.393. The van der Waals surface area contributed by atoms with Gasteiger partial charge in [0.05, 0.1) is 22.6 Å². The summed E-state index contributed by atoms with van der Waals surface area (Å²) in [6, 6.07) is 10.6. The van der Waals surface area contributed by atoms with Crippen LogP contribution in [0.1, 0.15) is 48.7 Å². The van der Waals surface area contributed by atoms with Crippen molar-refractivity contribution >= 4 is 27.1 Å². The lowest BCUT2D eigenvalue weighted by atomic mass is 10.1. The highest BCUT2D eigenvalue weighted by Crippen LogP contribution is 2.36. The molecule has 35 heavy (non-hydrogen) atoms. The number of ether oxygens (including phenoxy) is 1. The number of piperidine rings is 1. The molecule has 4 aromatic heterocycles. The van der Waals surface area contributed by atoms with E-state index in [4.69, 9.17) is 4.74 Å². The third-order valence-electron chi connectivity index (χ3n) is 6.71. The molecule has 10 heteroatoms. The highest BCUT2D eigenvalue weighted by molar-refractivity contribution is 7.13. The van der Waals surface area contributed by atoms with Crippen molar-refractivity contribution in [1.29, 1.82) is 5.26 Å². The van der Waals surface area contributed by atoms with Crippen molar-refractivity contribution in [3.05, 3.63) is 59.7 Å². The number of pyridine rings is 1. The molecule has 1 aliphatic heterocycles. The smallest absolute Gasteiger partial charge is 0.148 e. The van der Waals surface area contributed by atoms with Gasteiger partial charge in [-0.05, 0) is 57.4 Å².